The van der Waals surface area contributed by atoms with Crippen LogP contribution >= 0.6 is 0 Å². The molecule has 2 aromatic rings. The molecule has 0 bridgehead atoms. The Labute approximate surface area is 415 Å². The zero-order chi connectivity index (χ0) is 50.9. The van der Waals surface area contributed by atoms with Crippen LogP contribution in [-0.4, -0.2) is 134 Å². The Hall–Kier alpha value is -5.34. The summed E-state index contributed by atoms with van der Waals surface area (Å²) in [5.41, 5.74) is 3.24. The smallest absolute Gasteiger partial charge is 0.246 e. The highest BCUT2D eigenvalue weighted by molar-refractivity contribution is 5.95. The normalized spacial score (nSPS) is 23.9. The Bertz CT molecular complexity index is 2110. The SMILES string of the molecule is CN[C@@H](C)C(=O)N[C@H](C(=O)N1C[C@@H](OCC#CCO[C@H]2C[C@@H](C(=O)N[C@@H]3CCCc4ccccc43)N(C(=O)[C@@H](NC(=O)[C@H](C)NC)C(C)(C)C)C2)C[C@H]1C(=O)N[C@@H]1CCCc2ccccc21)C(C)(C)C. The summed E-state index contributed by atoms with van der Waals surface area (Å²) in [7, 11) is 3.36. The van der Waals surface area contributed by atoms with Gasteiger partial charge in [0.05, 0.1) is 36.4 Å². The number of carbonyl (C=O) groups is 6. The molecule has 2 fully saturated rings. The fourth-order valence-corrected chi connectivity index (χ4v) is 10.0. The maximum atomic E-state index is 14.5. The van der Waals surface area contributed by atoms with Crippen LogP contribution in [0.4, 0.5) is 0 Å². The fraction of sp³-hybridized carbons (Fsp3) is 0.630. The first-order valence-electron chi connectivity index (χ1n) is 25.2. The average Bonchev–Trinajstić information content (AvgIpc) is 3.97. The van der Waals surface area contributed by atoms with Gasteiger partial charge in [-0.1, -0.05) is 102 Å². The zero-order valence-corrected chi connectivity index (χ0v) is 43.0. The van der Waals surface area contributed by atoms with E-state index in [0.717, 1.165) is 49.7 Å². The van der Waals surface area contributed by atoms with Gasteiger partial charge in [0.1, 0.15) is 37.4 Å². The molecule has 2 saturated heterocycles. The van der Waals surface area contributed by atoms with Crippen LogP contribution in [0.25, 0.3) is 0 Å². The molecular weight excluding hydrogens is 889 g/mol. The second-order valence-electron chi connectivity index (χ2n) is 21.6. The second kappa shape index (κ2) is 23.7. The summed E-state index contributed by atoms with van der Waals surface area (Å²) in [4.78, 5) is 86.9. The van der Waals surface area contributed by atoms with Gasteiger partial charge in [0, 0.05) is 25.9 Å². The van der Waals surface area contributed by atoms with E-state index in [1.165, 1.54) is 11.1 Å². The molecule has 4 aliphatic rings. The van der Waals surface area contributed by atoms with Crippen LogP contribution in [-0.2, 0) is 51.1 Å². The number of aryl methyl sites for hydroxylation is 2. The van der Waals surface area contributed by atoms with Crippen molar-refractivity contribution in [3.63, 3.8) is 0 Å². The molecule has 2 heterocycles. The maximum absolute atomic E-state index is 14.5. The molecule has 16 heteroatoms. The summed E-state index contributed by atoms with van der Waals surface area (Å²) in [6.45, 7) is 15.0. The Kier molecular flexibility index (Phi) is 18.3. The molecule has 6 amide bonds. The third kappa shape index (κ3) is 13.3. The van der Waals surface area contributed by atoms with Crippen LogP contribution in [0, 0.1) is 22.7 Å². The highest BCUT2D eigenvalue weighted by Gasteiger charge is 2.48. The fourth-order valence-electron chi connectivity index (χ4n) is 10.0. The Morgan fingerprint density at radius 2 is 0.986 bits per heavy atom. The van der Waals surface area contributed by atoms with E-state index in [4.69, 9.17) is 9.47 Å². The molecule has 70 heavy (non-hydrogen) atoms. The van der Waals surface area contributed by atoms with Crippen molar-refractivity contribution in [1.82, 2.24) is 41.7 Å². The lowest BCUT2D eigenvalue weighted by Gasteiger charge is -2.36. The van der Waals surface area contributed by atoms with Crippen molar-refractivity contribution < 1.29 is 38.2 Å². The molecule has 0 spiro atoms. The van der Waals surface area contributed by atoms with E-state index in [1.807, 2.05) is 77.9 Å². The average molecular weight is 967 g/mol. The number of rotatable bonds is 16. The number of benzene rings is 2. The molecule has 2 aliphatic carbocycles. The number of nitrogens with zero attached hydrogens (tertiary/aromatic N) is 2. The summed E-state index contributed by atoms with van der Waals surface area (Å²) in [6, 6.07) is 11.3. The molecule has 16 nitrogen and oxygen atoms in total. The molecule has 6 rings (SSSR count). The molecule has 2 aliphatic heterocycles. The first-order chi connectivity index (χ1) is 33.2. The molecule has 0 unspecified atom stereocenters. The molecule has 10 atom stereocenters. The van der Waals surface area contributed by atoms with Crippen molar-refractivity contribution in [2.45, 2.75) is 167 Å². The van der Waals surface area contributed by atoms with E-state index in [2.05, 4.69) is 55.9 Å². The molecule has 6 N–H and O–H groups in total. The number of likely N-dealkylation sites (N-methyl/N-ethyl adjacent to an activating group) is 2. The summed E-state index contributed by atoms with van der Waals surface area (Å²) in [5.74, 6) is 4.14. The van der Waals surface area contributed by atoms with E-state index in [1.54, 1.807) is 37.7 Å². The number of nitrogens with one attached hydrogen (secondary N) is 6. The highest BCUT2D eigenvalue weighted by Crippen LogP contribution is 2.34. The molecule has 0 saturated carbocycles. The van der Waals surface area contributed by atoms with Gasteiger partial charge in [0.2, 0.25) is 35.4 Å². The summed E-state index contributed by atoms with van der Waals surface area (Å²) >= 11 is 0. The van der Waals surface area contributed by atoms with Crippen molar-refractivity contribution in [3.8, 4) is 11.8 Å². The maximum Gasteiger partial charge on any atom is 0.246 e. The van der Waals surface area contributed by atoms with E-state index in [9.17, 15) is 28.8 Å². The molecule has 0 radical (unpaired) electrons. The number of carbonyl (C=O) groups excluding carboxylic acids is 6. The monoisotopic (exact) mass is 967 g/mol. The van der Waals surface area contributed by atoms with Crippen LogP contribution in [0.5, 0.6) is 0 Å². The van der Waals surface area contributed by atoms with Gasteiger partial charge in [-0.15, -0.1) is 0 Å². The van der Waals surface area contributed by atoms with Gasteiger partial charge in [0.25, 0.3) is 0 Å². The number of hydrogen-bond acceptors (Lipinski definition) is 10. The topological polar surface area (TPSA) is 200 Å². The third-order valence-electron chi connectivity index (χ3n) is 14.4. The zero-order valence-electron chi connectivity index (χ0n) is 43.0. The van der Waals surface area contributed by atoms with E-state index >= 15 is 0 Å². The second-order valence-corrected chi connectivity index (χ2v) is 21.6. The van der Waals surface area contributed by atoms with Crippen molar-refractivity contribution in [3.05, 3.63) is 70.8 Å². The number of hydrogen-bond donors (Lipinski definition) is 6. The number of amides is 6. The van der Waals surface area contributed by atoms with Crippen molar-refractivity contribution in [1.29, 1.82) is 0 Å². The van der Waals surface area contributed by atoms with Crippen LogP contribution in [0.1, 0.15) is 128 Å². The lowest BCUT2D eigenvalue weighted by molar-refractivity contribution is -0.144. The minimum Gasteiger partial charge on any atom is -0.364 e. The van der Waals surface area contributed by atoms with Crippen LogP contribution in [0.3, 0.4) is 0 Å². The quantitative estimate of drug-likeness (QED) is 0.135. The predicted octanol–water partition coefficient (Wildman–Crippen LogP) is 3.63. The summed E-state index contributed by atoms with van der Waals surface area (Å²) < 4.78 is 12.5. The summed E-state index contributed by atoms with van der Waals surface area (Å²) in [6.07, 6.45) is 4.78. The van der Waals surface area contributed by atoms with Crippen molar-refractivity contribution >= 4 is 35.4 Å². The largest absolute Gasteiger partial charge is 0.364 e. The molecule has 2 aromatic carbocycles. The number of ether oxygens (including phenoxy) is 2. The van der Waals surface area contributed by atoms with Gasteiger partial charge in [-0.3, -0.25) is 28.8 Å². The number of likely N-dealkylation sites (tertiary alicyclic amines) is 2. The summed E-state index contributed by atoms with van der Waals surface area (Å²) in [5, 5.41) is 18.2. The van der Waals surface area contributed by atoms with E-state index in [-0.39, 0.29) is 86.7 Å². The van der Waals surface area contributed by atoms with Gasteiger partial charge in [0.15, 0.2) is 0 Å². The van der Waals surface area contributed by atoms with Gasteiger partial charge >= 0.3 is 0 Å². The molecular formula is C54H78N8O8. The lowest BCUT2D eigenvalue weighted by atomic mass is 9.85. The minimum atomic E-state index is -0.909. The molecule has 0 aromatic heterocycles. The van der Waals surface area contributed by atoms with Crippen LogP contribution < -0.4 is 31.9 Å². The van der Waals surface area contributed by atoms with Gasteiger partial charge in [-0.05, 0) is 99.6 Å². The van der Waals surface area contributed by atoms with Crippen molar-refractivity contribution in [2.24, 2.45) is 10.8 Å². The van der Waals surface area contributed by atoms with Gasteiger partial charge < -0.3 is 51.2 Å². The predicted molar refractivity (Wildman–Crippen MR) is 268 cm³/mol. The van der Waals surface area contributed by atoms with Gasteiger partial charge in [-0.2, -0.15) is 0 Å². The highest BCUT2D eigenvalue weighted by atomic mass is 16.5. The number of fused-ring (bicyclic) bond motifs is 2. The Morgan fingerprint density at radius 3 is 1.34 bits per heavy atom. The van der Waals surface area contributed by atoms with Crippen LogP contribution in [0.15, 0.2) is 48.5 Å². The van der Waals surface area contributed by atoms with Crippen LogP contribution in [0.2, 0.25) is 0 Å². The lowest BCUT2D eigenvalue weighted by Crippen LogP contribution is -2.59. The van der Waals surface area contributed by atoms with E-state index in [0.29, 0.717) is 0 Å². The Morgan fingerprint density at radius 1 is 0.614 bits per heavy atom. The van der Waals surface area contributed by atoms with Crippen molar-refractivity contribution in [2.75, 3.05) is 40.4 Å². The minimum absolute atomic E-state index is 0.000682. The third-order valence-corrected chi connectivity index (χ3v) is 14.4. The first kappa shape index (κ1) is 54.0. The Balaban J connectivity index is 1.13. The first-order valence-corrected chi connectivity index (χ1v) is 25.2. The molecule has 382 valence electrons. The van der Waals surface area contributed by atoms with Gasteiger partial charge in [-0.25, -0.2) is 0 Å². The standard InChI is InChI=1S/C54H78N8O8/c1-33(55-9)47(63)59-45(53(3,4)5)51(67)61-31-37(29-43(61)49(65)57-41-25-17-21-35-19-11-13-23-39(35)41)69-27-15-16-28-70-38-30-44(50(66)58-42-26-18-22-36-20-12-14-24-40(36)42)62(32-38)52(68)46(54(6,7)8)60-48(64)34(2)56-10/h11-14,19-20,23-24,33-34,37-38,41-46,55-56H,17-18,21-22,25-32H2,1-10H3,(H,57,65)(H,58,66)(H,59,63)(H,60,64)/t33-,34-,37-,38-,41+,42+,43-,44-,45+,46+/m0/s1. The van der Waals surface area contributed by atoms with E-state index < -0.39 is 59.3 Å².